The highest BCUT2D eigenvalue weighted by Gasteiger charge is 2.13. The zero-order chi connectivity index (χ0) is 18.5. The number of aromatic nitrogens is 2. The summed E-state index contributed by atoms with van der Waals surface area (Å²) in [5, 5.41) is 6.69. The standard InChI is InChI=1S/C20H20FN3O2/c1-14(23-20(25)26-13-15-6-4-3-5-7-15)16-8-10-17(11-9-16)19-18(21)12-22-24(19)2/h3-12,14H,13H2,1-2H3,(H,23,25). The second-order valence-corrected chi connectivity index (χ2v) is 6.01. The van der Waals surface area contributed by atoms with Crippen molar-refractivity contribution >= 4 is 6.09 Å². The molecule has 3 rings (SSSR count). The predicted molar refractivity (Wildman–Crippen MR) is 96.8 cm³/mol. The van der Waals surface area contributed by atoms with E-state index in [1.54, 1.807) is 7.05 Å². The quantitative estimate of drug-likeness (QED) is 0.747. The minimum atomic E-state index is -0.483. The van der Waals surface area contributed by atoms with Gasteiger partial charge in [-0.05, 0) is 18.1 Å². The Morgan fingerprint density at radius 3 is 2.50 bits per heavy atom. The topological polar surface area (TPSA) is 56.1 Å². The molecule has 0 radical (unpaired) electrons. The fourth-order valence-corrected chi connectivity index (χ4v) is 2.69. The highest BCUT2D eigenvalue weighted by atomic mass is 19.1. The lowest BCUT2D eigenvalue weighted by molar-refractivity contribution is 0.136. The zero-order valence-corrected chi connectivity index (χ0v) is 14.6. The Labute approximate surface area is 151 Å². The summed E-state index contributed by atoms with van der Waals surface area (Å²) < 4.78 is 20.5. The molecule has 1 atom stereocenters. The Kier molecular flexibility index (Phi) is 5.31. The first-order chi connectivity index (χ1) is 12.5. The Morgan fingerprint density at radius 2 is 1.88 bits per heavy atom. The molecule has 134 valence electrons. The number of nitrogens with zero attached hydrogens (tertiary/aromatic N) is 2. The third kappa shape index (κ3) is 4.08. The number of nitrogens with one attached hydrogen (secondary N) is 1. The molecule has 0 saturated heterocycles. The van der Waals surface area contributed by atoms with Crippen molar-refractivity contribution in [3.05, 3.63) is 77.7 Å². The molecule has 0 aliphatic heterocycles. The first-order valence-corrected chi connectivity index (χ1v) is 8.29. The number of aryl methyl sites for hydroxylation is 1. The monoisotopic (exact) mass is 353 g/mol. The zero-order valence-electron chi connectivity index (χ0n) is 14.6. The van der Waals surface area contributed by atoms with E-state index in [-0.39, 0.29) is 18.5 Å². The summed E-state index contributed by atoms with van der Waals surface area (Å²) in [6.07, 6.45) is 0.707. The van der Waals surface area contributed by atoms with Gasteiger partial charge in [-0.1, -0.05) is 54.6 Å². The van der Waals surface area contributed by atoms with Crippen LogP contribution in [0.2, 0.25) is 0 Å². The minimum absolute atomic E-state index is 0.220. The average molecular weight is 353 g/mol. The molecule has 1 heterocycles. The fourth-order valence-electron chi connectivity index (χ4n) is 2.69. The molecule has 2 aromatic carbocycles. The van der Waals surface area contributed by atoms with E-state index in [4.69, 9.17) is 4.74 Å². The maximum Gasteiger partial charge on any atom is 0.407 e. The average Bonchev–Trinajstić information content (AvgIpc) is 2.99. The Morgan fingerprint density at radius 1 is 1.19 bits per heavy atom. The van der Waals surface area contributed by atoms with Gasteiger partial charge in [0, 0.05) is 12.6 Å². The Bertz CT molecular complexity index is 856. The van der Waals surface area contributed by atoms with Crippen LogP contribution in [0.25, 0.3) is 11.3 Å². The molecule has 1 aromatic heterocycles. The number of rotatable bonds is 5. The fraction of sp³-hybridized carbons (Fsp3) is 0.200. The molecule has 1 N–H and O–H groups in total. The lowest BCUT2D eigenvalue weighted by atomic mass is 10.0. The number of carbonyl (C=O) groups is 1. The van der Waals surface area contributed by atoms with Crippen LogP contribution < -0.4 is 5.32 Å². The molecule has 5 nitrogen and oxygen atoms in total. The number of ether oxygens (including phenoxy) is 1. The third-order valence-electron chi connectivity index (χ3n) is 4.13. The molecule has 0 aliphatic rings. The van der Waals surface area contributed by atoms with Crippen LogP contribution in [0.1, 0.15) is 24.1 Å². The summed E-state index contributed by atoms with van der Waals surface area (Å²) in [7, 11) is 1.69. The number of carbonyl (C=O) groups excluding carboxylic acids is 1. The van der Waals surface area contributed by atoms with Gasteiger partial charge in [0.05, 0.1) is 12.2 Å². The Balaban J connectivity index is 1.59. The Hall–Kier alpha value is -3.15. The summed E-state index contributed by atoms with van der Waals surface area (Å²) in [5.74, 6) is -0.365. The van der Waals surface area contributed by atoms with Crippen LogP contribution >= 0.6 is 0 Å². The van der Waals surface area contributed by atoms with Gasteiger partial charge in [-0.15, -0.1) is 0 Å². The highest BCUT2D eigenvalue weighted by molar-refractivity contribution is 5.68. The van der Waals surface area contributed by atoms with Gasteiger partial charge in [0.25, 0.3) is 0 Å². The van der Waals surface area contributed by atoms with Gasteiger partial charge in [0.1, 0.15) is 12.3 Å². The summed E-state index contributed by atoms with van der Waals surface area (Å²) >= 11 is 0. The third-order valence-corrected chi connectivity index (χ3v) is 4.13. The van der Waals surface area contributed by atoms with Crippen molar-refractivity contribution in [2.45, 2.75) is 19.6 Å². The second kappa shape index (κ2) is 7.82. The minimum Gasteiger partial charge on any atom is -0.445 e. The number of benzene rings is 2. The van der Waals surface area contributed by atoms with Gasteiger partial charge in [-0.25, -0.2) is 9.18 Å². The molecule has 0 aliphatic carbocycles. The van der Waals surface area contributed by atoms with Gasteiger partial charge < -0.3 is 10.1 Å². The largest absolute Gasteiger partial charge is 0.445 e. The second-order valence-electron chi connectivity index (χ2n) is 6.01. The number of hydrogen-bond acceptors (Lipinski definition) is 3. The lowest BCUT2D eigenvalue weighted by Gasteiger charge is -2.15. The number of halogens is 1. The van der Waals surface area contributed by atoms with Gasteiger partial charge in [-0.3, -0.25) is 4.68 Å². The van der Waals surface area contributed by atoms with Crippen molar-refractivity contribution < 1.29 is 13.9 Å². The van der Waals surface area contributed by atoms with Crippen molar-refractivity contribution in [2.24, 2.45) is 7.05 Å². The van der Waals surface area contributed by atoms with Crippen molar-refractivity contribution in [3.8, 4) is 11.3 Å². The van der Waals surface area contributed by atoms with Crippen molar-refractivity contribution in [1.82, 2.24) is 15.1 Å². The van der Waals surface area contributed by atoms with Gasteiger partial charge in [-0.2, -0.15) is 5.10 Å². The van der Waals surface area contributed by atoms with Crippen LogP contribution in [0, 0.1) is 5.82 Å². The van der Waals surface area contributed by atoms with Crippen LogP contribution in [0.3, 0.4) is 0 Å². The normalized spacial score (nSPS) is 11.8. The van der Waals surface area contributed by atoms with E-state index < -0.39 is 6.09 Å². The molecular formula is C20H20FN3O2. The van der Waals surface area contributed by atoms with E-state index >= 15 is 0 Å². The van der Waals surface area contributed by atoms with Crippen LogP contribution in [0.5, 0.6) is 0 Å². The van der Waals surface area contributed by atoms with Crippen LogP contribution in [0.4, 0.5) is 9.18 Å². The summed E-state index contributed by atoms with van der Waals surface area (Å²) in [5.41, 5.74) is 2.98. The molecule has 26 heavy (non-hydrogen) atoms. The van der Waals surface area contributed by atoms with Crippen LogP contribution in [-0.4, -0.2) is 15.9 Å². The maximum absolute atomic E-state index is 13.8. The van der Waals surface area contributed by atoms with Crippen molar-refractivity contribution in [3.63, 3.8) is 0 Å². The summed E-state index contributed by atoms with van der Waals surface area (Å²) in [6, 6.07) is 16.6. The van der Waals surface area contributed by atoms with Gasteiger partial charge in [0.15, 0.2) is 5.82 Å². The number of amides is 1. The lowest BCUT2D eigenvalue weighted by Crippen LogP contribution is -2.27. The summed E-state index contributed by atoms with van der Waals surface area (Å²) in [4.78, 5) is 11.9. The van der Waals surface area contributed by atoms with Crippen LogP contribution in [-0.2, 0) is 18.4 Å². The number of hydrogen-bond donors (Lipinski definition) is 1. The molecule has 0 bridgehead atoms. The van der Waals surface area contributed by atoms with E-state index in [1.807, 2.05) is 61.5 Å². The van der Waals surface area contributed by atoms with Gasteiger partial charge in [0.2, 0.25) is 0 Å². The van der Waals surface area contributed by atoms with Crippen molar-refractivity contribution in [2.75, 3.05) is 0 Å². The first-order valence-electron chi connectivity index (χ1n) is 8.29. The van der Waals surface area contributed by atoms with E-state index in [9.17, 15) is 9.18 Å². The SMILES string of the molecule is CC(NC(=O)OCc1ccccc1)c1ccc(-c2c(F)cnn2C)cc1. The van der Waals surface area contributed by atoms with Gasteiger partial charge >= 0.3 is 6.09 Å². The first kappa shape index (κ1) is 17.7. The molecular weight excluding hydrogens is 333 g/mol. The molecule has 0 saturated carbocycles. The summed E-state index contributed by atoms with van der Waals surface area (Å²) in [6.45, 7) is 2.08. The van der Waals surface area contributed by atoms with Crippen LogP contribution in [0.15, 0.2) is 60.8 Å². The maximum atomic E-state index is 13.8. The highest BCUT2D eigenvalue weighted by Crippen LogP contribution is 2.24. The van der Waals surface area contributed by atoms with E-state index in [1.165, 1.54) is 10.9 Å². The van der Waals surface area contributed by atoms with E-state index in [0.717, 1.165) is 16.7 Å². The van der Waals surface area contributed by atoms with E-state index in [2.05, 4.69) is 10.4 Å². The molecule has 3 aromatic rings. The van der Waals surface area contributed by atoms with E-state index in [0.29, 0.717) is 5.69 Å². The smallest absolute Gasteiger partial charge is 0.407 e. The van der Waals surface area contributed by atoms with Crippen molar-refractivity contribution in [1.29, 1.82) is 0 Å². The number of alkyl carbamates (subject to hydrolysis) is 1. The molecule has 0 fully saturated rings. The molecule has 6 heteroatoms. The predicted octanol–water partition coefficient (Wildman–Crippen LogP) is 4.21. The molecule has 1 unspecified atom stereocenters. The molecule has 1 amide bonds. The molecule has 0 spiro atoms.